The lowest BCUT2D eigenvalue weighted by Gasteiger charge is -2.16. The number of hydrogen-bond acceptors (Lipinski definition) is 5. The summed E-state index contributed by atoms with van der Waals surface area (Å²) >= 11 is 0. The van der Waals surface area contributed by atoms with Gasteiger partial charge in [0.2, 0.25) is 5.96 Å². The third-order valence-electron chi connectivity index (χ3n) is 2.74. The van der Waals surface area contributed by atoms with Crippen molar-refractivity contribution in [1.82, 2.24) is 10.3 Å². The quantitative estimate of drug-likeness (QED) is 0.202. The molecule has 0 aromatic rings. The lowest BCUT2D eigenvalue weighted by Crippen LogP contribution is -2.34. The van der Waals surface area contributed by atoms with E-state index < -0.39 is 5.97 Å². The van der Waals surface area contributed by atoms with Gasteiger partial charge in [0, 0.05) is 19.8 Å². The molecule has 122 valence electrons. The molecule has 0 aliphatic rings. The molecule has 7 nitrogen and oxygen atoms in total. The number of guanidine groups is 1. The monoisotopic (exact) mass is 307 g/mol. The van der Waals surface area contributed by atoms with Crippen LogP contribution in [0, 0.1) is 11.3 Å². The fraction of sp³-hybridized carbons (Fsp3) is 0.600. The first-order valence-corrected chi connectivity index (χ1v) is 7.26. The summed E-state index contributed by atoms with van der Waals surface area (Å²) in [5, 5.41) is 13.4. The number of aliphatic imine (C=N–C) groups is 1. The highest BCUT2D eigenvalue weighted by molar-refractivity contribution is 5.94. The van der Waals surface area contributed by atoms with Gasteiger partial charge in [-0.3, -0.25) is 0 Å². The van der Waals surface area contributed by atoms with Crippen molar-refractivity contribution in [1.29, 1.82) is 5.26 Å². The van der Waals surface area contributed by atoms with E-state index >= 15 is 0 Å². The highest BCUT2D eigenvalue weighted by atomic mass is 16.5. The van der Waals surface area contributed by atoms with Crippen LogP contribution in [-0.2, 0) is 9.53 Å². The molecule has 0 aromatic carbocycles. The first-order chi connectivity index (χ1) is 10.4. The molecule has 0 aromatic heterocycles. The van der Waals surface area contributed by atoms with Crippen LogP contribution in [0.25, 0.3) is 0 Å². The van der Waals surface area contributed by atoms with Crippen molar-refractivity contribution < 1.29 is 9.53 Å². The Morgan fingerprint density at radius 1 is 1.27 bits per heavy atom. The highest BCUT2D eigenvalue weighted by Crippen LogP contribution is 2.12. The molecule has 0 unspecified atom stereocenters. The van der Waals surface area contributed by atoms with Gasteiger partial charge in [0.05, 0.1) is 12.3 Å². The summed E-state index contributed by atoms with van der Waals surface area (Å²) in [4.78, 5) is 17.9. The first kappa shape index (κ1) is 19.6. The van der Waals surface area contributed by atoms with E-state index in [9.17, 15) is 10.1 Å². The van der Waals surface area contributed by atoms with Crippen molar-refractivity contribution in [3.63, 3.8) is 0 Å². The molecule has 22 heavy (non-hydrogen) atoms. The Balaban J connectivity index is 5.66. The Kier molecular flexibility index (Phi) is 9.27. The zero-order valence-electron chi connectivity index (χ0n) is 14.2. The van der Waals surface area contributed by atoms with E-state index in [1.54, 1.807) is 25.9 Å². The lowest BCUT2D eigenvalue weighted by atomic mass is 10.2. The summed E-state index contributed by atoms with van der Waals surface area (Å²) < 4.78 is 4.89. The van der Waals surface area contributed by atoms with E-state index in [1.807, 2.05) is 26.8 Å². The number of carbonyl (C=O) groups excluding carboxylic acids is 1. The Morgan fingerprint density at radius 2 is 1.91 bits per heavy atom. The summed E-state index contributed by atoms with van der Waals surface area (Å²) in [5.74, 6) is -0.210. The molecular formula is C15H25N5O2. The SMILES string of the molecule is CCOC(=O)/C(C#N)=C(/CC)N=C(N/N=C(/C)CC)N(C)C. The van der Waals surface area contributed by atoms with Crippen molar-refractivity contribution in [3.8, 4) is 6.07 Å². The van der Waals surface area contributed by atoms with Gasteiger partial charge in [-0.25, -0.2) is 15.2 Å². The molecule has 0 rings (SSSR count). The van der Waals surface area contributed by atoms with E-state index in [0.717, 1.165) is 12.1 Å². The minimum atomic E-state index is -0.656. The van der Waals surface area contributed by atoms with E-state index in [0.29, 0.717) is 18.1 Å². The van der Waals surface area contributed by atoms with Gasteiger partial charge >= 0.3 is 5.97 Å². The number of nitrogens with one attached hydrogen (secondary N) is 1. The zero-order valence-corrected chi connectivity index (χ0v) is 14.2. The molecule has 7 heteroatoms. The third-order valence-corrected chi connectivity index (χ3v) is 2.74. The summed E-state index contributed by atoms with van der Waals surface area (Å²) in [7, 11) is 3.60. The number of nitrogens with zero attached hydrogens (tertiary/aromatic N) is 4. The molecule has 0 atom stereocenters. The van der Waals surface area contributed by atoms with Gasteiger partial charge in [0.1, 0.15) is 6.07 Å². The van der Waals surface area contributed by atoms with E-state index in [4.69, 9.17) is 4.74 Å². The maximum absolute atomic E-state index is 11.8. The van der Waals surface area contributed by atoms with Crippen molar-refractivity contribution >= 4 is 17.6 Å². The molecule has 0 aliphatic carbocycles. The van der Waals surface area contributed by atoms with Crippen LogP contribution in [-0.4, -0.2) is 43.2 Å². The van der Waals surface area contributed by atoms with Crippen LogP contribution in [0.5, 0.6) is 0 Å². The lowest BCUT2D eigenvalue weighted by molar-refractivity contribution is -0.138. The Morgan fingerprint density at radius 3 is 2.32 bits per heavy atom. The van der Waals surface area contributed by atoms with Crippen LogP contribution in [0.2, 0.25) is 0 Å². The number of allylic oxidation sites excluding steroid dienone is 1. The topological polar surface area (TPSA) is 90.1 Å². The Hall–Kier alpha value is -2.36. The number of rotatable bonds is 6. The normalized spacial score (nSPS) is 13.1. The van der Waals surface area contributed by atoms with Crippen molar-refractivity contribution in [3.05, 3.63) is 11.3 Å². The minimum absolute atomic E-state index is 0.0818. The number of carbonyl (C=O) groups is 1. The number of hydrazone groups is 1. The molecule has 0 radical (unpaired) electrons. The smallest absolute Gasteiger partial charge is 0.350 e. The van der Waals surface area contributed by atoms with Crippen molar-refractivity contribution in [2.75, 3.05) is 20.7 Å². The second-order valence-corrected chi connectivity index (χ2v) is 4.65. The minimum Gasteiger partial charge on any atom is -0.462 e. The molecule has 0 spiro atoms. The summed E-state index contributed by atoms with van der Waals surface area (Å²) in [6.07, 6.45) is 1.24. The van der Waals surface area contributed by atoms with Gasteiger partial charge in [0.15, 0.2) is 5.57 Å². The second-order valence-electron chi connectivity index (χ2n) is 4.65. The maximum atomic E-state index is 11.8. The van der Waals surface area contributed by atoms with E-state index in [1.165, 1.54) is 0 Å². The van der Waals surface area contributed by atoms with E-state index in [-0.39, 0.29) is 12.2 Å². The third kappa shape index (κ3) is 6.39. The van der Waals surface area contributed by atoms with Crippen LogP contribution in [0.1, 0.15) is 40.5 Å². The van der Waals surface area contributed by atoms with Gasteiger partial charge in [0.25, 0.3) is 0 Å². The molecule has 1 N–H and O–H groups in total. The number of hydrogen-bond donors (Lipinski definition) is 1. The van der Waals surface area contributed by atoms with Crippen LogP contribution in [0.15, 0.2) is 21.4 Å². The predicted molar refractivity (Wildman–Crippen MR) is 87.2 cm³/mol. The molecule has 0 fully saturated rings. The summed E-state index contributed by atoms with van der Waals surface area (Å²) in [6, 6.07) is 1.87. The van der Waals surface area contributed by atoms with Crippen LogP contribution in [0.3, 0.4) is 0 Å². The van der Waals surface area contributed by atoms with Gasteiger partial charge in [-0.2, -0.15) is 10.4 Å². The Bertz CT molecular complexity index is 513. The number of ether oxygens (including phenoxy) is 1. The first-order valence-electron chi connectivity index (χ1n) is 7.26. The molecule has 0 amide bonds. The average molecular weight is 307 g/mol. The molecule has 0 saturated heterocycles. The number of nitriles is 1. The molecule has 0 heterocycles. The largest absolute Gasteiger partial charge is 0.462 e. The summed E-state index contributed by atoms with van der Waals surface area (Å²) in [5.41, 5.74) is 4.05. The molecule has 0 bridgehead atoms. The Labute approximate surface area is 132 Å². The van der Waals surface area contributed by atoms with Crippen LogP contribution < -0.4 is 5.43 Å². The molecular weight excluding hydrogens is 282 g/mol. The van der Waals surface area contributed by atoms with Crippen LogP contribution >= 0.6 is 0 Å². The maximum Gasteiger partial charge on any atom is 0.350 e. The fourth-order valence-electron chi connectivity index (χ4n) is 1.32. The average Bonchev–Trinajstić information content (AvgIpc) is 2.49. The van der Waals surface area contributed by atoms with Gasteiger partial charge in [-0.05, 0) is 26.7 Å². The molecule has 0 aliphatic heterocycles. The van der Waals surface area contributed by atoms with Crippen LogP contribution in [0.4, 0.5) is 0 Å². The molecule has 0 saturated carbocycles. The van der Waals surface area contributed by atoms with Crippen molar-refractivity contribution in [2.24, 2.45) is 10.1 Å². The van der Waals surface area contributed by atoms with Gasteiger partial charge in [-0.15, -0.1) is 0 Å². The number of esters is 1. The standard InChI is InChI=1S/C15H25N5O2/c1-7-11(4)18-19-15(20(5)6)17-13(8-2)12(10-16)14(21)22-9-3/h7-9H2,1-6H3,(H,17,19)/b13-12-,18-11-. The second kappa shape index (κ2) is 10.4. The van der Waals surface area contributed by atoms with Gasteiger partial charge in [-0.1, -0.05) is 13.8 Å². The fourth-order valence-corrected chi connectivity index (χ4v) is 1.32. The van der Waals surface area contributed by atoms with E-state index in [2.05, 4.69) is 15.5 Å². The zero-order chi connectivity index (χ0) is 17.1. The summed E-state index contributed by atoms with van der Waals surface area (Å²) in [6.45, 7) is 7.62. The highest BCUT2D eigenvalue weighted by Gasteiger charge is 2.16. The predicted octanol–water partition coefficient (Wildman–Crippen LogP) is 2.03. The van der Waals surface area contributed by atoms with Gasteiger partial charge < -0.3 is 9.64 Å². The van der Waals surface area contributed by atoms with Crippen molar-refractivity contribution in [2.45, 2.75) is 40.5 Å².